The van der Waals surface area contributed by atoms with Crippen molar-refractivity contribution >= 4 is 29.7 Å². The Balaban J connectivity index is 0.00000288. The van der Waals surface area contributed by atoms with E-state index in [9.17, 15) is 4.79 Å². The first-order chi connectivity index (χ1) is 11.1. The third-order valence-electron chi connectivity index (χ3n) is 3.34. The number of unbranched alkanes of at least 4 members (excludes halogenated alkanes) is 1. The first kappa shape index (κ1) is 19.6. The Morgan fingerprint density at radius 2 is 2.00 bits per heavy atom. The van der Waals surface area contributed by atoms with Gasteiger partial charge in [0.1, 0.15) is 11.5 Å². The highest BCUT2D eigenvalue weighted by Crippen LogP contribution is 2.30. The molecule has 0 fully saturated rings. The summed E-state index contributed by atoms with van der Waals surface area (Å²) in [7, 11) is 1.58. The molecule has 0 bridgehead atoms. The fraction of sp³-hybridized carbons (Fsp3) is 0.278. The molecule has 0 atom stereocenters. The van der Waals surface area contributed by atoms with Crippen LogP contribution in [-0.2, 0) is 0 Å². The number of carbonyl (C=O) groups excluding carboxylic acids is 1. The third-order valence-corrected chi connectivity index (χ3v) is 3.34. The van der Waals surface area contributed by atoms with Gasteiger partial charge in [-0.25, -0.2) is 0 Å². The van der Waals surface area contributed by atoms with Crippen LogP contribution in [0.1, 0.15) is 30.1 Å². The van der Waals surface area contributed by atoms with Crippen molar-refractivity contribution in [3.05, 3.63) is 48.0 Å². The molecule has 0 unspecified atom stereocenters. The molecule has 0 saturated carbocycles. The van der Waals surface area contributed by atoms with Gasteiger partial charge in [-0.1, -0.05) is 19.4 Å². The van der Waals surface area contributed by atoms with E-state index in [0.29, 0.717) is 35.0 Å². The molecule has 5 nitrogen and oxygen atoms in total. The Morgan fingerprint density at radius 3 is 2.67 bits per heavy atom. The average Bonchev–Trinajstić information content (AvgIpc) is 2.56. The largest absolute Gasteiger partial charge is 0.497 e. The van der Waals surface area contributed by atoms with Crippen LogP contribution in [0.3, 0.4) is 0 Å². The lowest BCUT2D eigenvalue weighted by molar-refractivity contribution is 0.102. The molecule has 24 heavy (non-hydrogen) atoms. The minimum absolute atomic E-state index is 0. The van der Waals surface area contributed by atoms with E-state index in [-0.39, 0.29) is 18.3 Å². The molecule has 0 heterocycles. The van der Waals surface area contributed by atoms with Gasteiger partial charge >= 0.3 is 0 Å². The molecule has 0 radical (unpaired) electrons. The van der Waals surface area contributed by atoms with Crippen LogP contribution >= 0.6 is 12.4 Å². The van der Waals surface area contributed by atoms with Crippen LogP contribution in [0.5, 0.6) is 11.5 Å². The van der Waals surface area contributed by atoms with E-state index in [1.807, 2.05) is 0 Å². The van der Waals surface area contributed by atoms with Gasteiger partial charge in [0.15, 0.2) is 0 Å². The Kier molecular flexibility index (Phi) is 7.92. The summed E-state index contributed by atoms with van der Waals surface area (Å²) in [6, 6.07) is 12.2. The van der Waals surface area contributed by atoms with Crippen molar-refractivity contribution in [3.8, 4) is 11.5 Å². The fourth-order valence-corrected chi connectivity index (χ4v) is 2.06. The zero-order valence-corrected chi connectivity index (χ0v) is 14.7. The number of rotatable bonds is 7. The second-order valence-corrected chi connectivity index (χ2v) is 5.14. The molecule has 3 N–H and O–H groups in total. The molecule has 0 aliphatic heterocycles. The van der Waals surface area contributed by atoms with Crippen molar-refractivity contribution in [2.45, 2.75) is 19.8 Å². The normalized spacial score (nSPS) is 9.75. The number of benzene rings is 2. The number of carbonyl (C=O) groups is 1. The maximum absolute atomic E-state index is 12.4. The molecule has 6 heteroatoms. The number of nitrogens with two attached hydrogens (primary N) is 1. The molecular weight excluding hydrogens is 328 g/mol. The number of ether oxygens (including phenoxy) is 2. The van der Waals surface area contributed by atoms with Gasteiger partial charge in [0.2, 0.25) is 0 Å². The standard InChI is InChI=1S/C18H22N2O3.ClH/c1-3-4-10-23-17-9-8-15(22-2)12-16(17)20-18(21)13-6-5-7-14(19)11-13;/h5-9,11-12H,3-4,10,19H2,1-2H3,(H,20,21);1H. The Hall–Kier alpha value is -2.40. The van der Waals surface area contributed by atoms with Gasteiger partial charge in [-0.2, -0.15) is 0 Å². The van der Waals surface area contributed by atoms with Gasteiger partial charge in [0, 0.05) is 17.3 Å². The van der Waals surface area contributed by atoms with Crippen molar-refractivity contribution in [2.75, 3.05) is 24.8 Å². The highest BCUT2D eigenvalue weighted by Gasteiger charge is 2.11. The number of methoxy groups -OCH3 is 1. The minimum atomic E-state index is -0.245. The zero-order chi connectivity index (χ0) is 16.7. The van der Waals surface area contributed by atoms with E-state index >= 15 is 0 Å². The summed E-state index contributed by atoms with van der Waals surface area (Å²) in [5, 5.41) is 2.86. The van der Waals surface area contributed by atoms with Crippen LogP contribution in [0, 0.1) is 0 Å². The van der Waals surface area contributed by atoms with Crippen LogP contribution in [-0.4, -0.2) is 19.6 Å². The molecule has 2 aromatic rings. The molecule has 1 amide bonds. The molecule has 0 spiro atoms. The van der Waals surface area contributed by atoms with Crippen LogP contribution in [0.4, 0.5) is 11.4 Å². The summed E-state index contributed by atoms with van der Waals surface area (Å²) in [6.07, 6.45) is 2.00. The summed E-state index contributed by atoms with van der Waals surface area (Å²) >= 11 is 0. The monoisotopic (exact) mass is 350 g/mol. The molecule has 2 aromatic carbocycles. The number of hydrogen-bond acceptors (Lipinski definition) is 4. The molecular formula is C18H23ClN2O3. The summed E-state index contributed by atoms with van der Waals surface area (Å²) in [4.78, 5) is 12.4. The first-order valence-electron chi connectivity index (χ1n) is 7.61. The fourth-order valence-electron chi connectivity index (χ4n) is 2.06. The highest BCUT2D eigenvalue weighted by atomic mass is 35.5. The number of halogens is 1. The third kappa shape index (κ3) is 5.35. The quantitative estimate of drug-likeness (QED) is 0.581. The van der Waals surface area contributed by atoms with Gasteiger partial charge in [0.05, 0.1) is 19.4 Å². The van der Waals surface area contributed by atoms with E-state index < -0.39 is 0 Å². The number of anilines is 2. The minimum Gasteiger partial charge on any atom is -0.497 e. The van der Waals surface area contributed by atoms with E-state index in [1.165, 1.54) is 0 Å². The predicted molar refractivity (Wildman–Crippen MR) is 99.5 cm³/mol. The number of nitrogen functional groups attached to an aromatic ring is 1. The number of nitrogens with one attached hydrogen (secondary N) is 1. The van der Waals surface area contributed by atoms with Crippen molar-refractivity contribution < 1.29 is 14.3 Å². The summed E-state index contributed by atoms with van der Waals surface area (Å²) in [5.41, 5.74) is 7.34. The lowest BCUT2D eigenvalue weighted by Crippen LogP contribution is -2.13. The van der Waals surface area contributed by atoms with Gasteiger partial charge in [0.25, 0.3) is 5.91 Å². The second kappa shape index (κ2) is 9.67. The van der Waals surface area contributed by atoms with E-state index in [0.717, 1.165) is 12.8 Å². The Labute approximate surface area is 148 Å². The number of amides is 1. The van der Waals surface area contributed by atoms with Crippen LogP contribution < -0.4 is 20.5 Å². The highest BCUT2D eigenvalue weighted by molar-refractivity contribution is 6.05. The average molecular weight is 351 g/mol. The summed E-state index contributed by atoms with van der Waals surface area (Å²) < 4.78 is 11.0. The SMILES string of the molecule is CCCCOc1ccc(OC)cc1NC(=O)c1cccc(N)c1.Cl. The van der Waals surface area contributed by atoms with Crippen molar-refractivity contribution in [1.29, 1.82) is 0 Å². The summed E-state index contributed by atoms with van der Waals surface area (Å²) in [5.74, 6) is 1.03. The maximum Gasteiger partial charge on any atom is 0.255 e. The van der Waals surface area contributed by atoms with Gasteiger partial charge in [-0.3, -0.25) is 4.79 Å². The lowest BCUT2D eigenvalue weighted by Gasteiger charge is -2.14. The smallest absolute Gasteiger partial charge is 0.255 e. The number of hydrogen-bond donors (Lipinski definition) is 2. The van der Waals surface area contributed by atoms with Crippen molar-refractivity contribution in [1.82, 2.24) is 0 Å². The molecule has 0 saturated heterocycles. The lowest BCUT2D eigenvalue weighted by atomic mass is 10.2. The molecule has 0 aliphatic carbocycles. The summed E-state index contributed by atoms with van der Waals surface area (Å²) in [6.45, 7) is 2.70. The first-order valence-corrected chi connectivity index (χ1v) is 7.61. The Morgan fingerprint density at radius 1 is 1.21 bits per heavy atom. The maximum atomic E-state index is 12.4. The zero-order valence-electron chi connectivity index (χ0n) is 13.9. The molecule has 2 rings (SSSR count). The van der Waals surface area contributed by atoms with Crippen LogP contribution in [0.15, 0.2) is 42.5 Å². The van der Waals surface area contributed by atoms with Crippen molar-refractivity contribution in [3.63, 3.8) is 0 Å². The molecule has 0 aliphatic rings. The molecule has 130 valence electrons. The predicted octanol–water partition coefficient (Wildman–Crippen LogP) is 4.13. The molecule has 0 aromatic heterocycles. The van der Waals surface area contributed by atoms with Gasteiger partial charge in [-0.15, -0.1) is 12.4 Å². The second-order valence-electron chi connectivity index (χ2n) is 5.14. The van der Waals surface area contributed by atoms with Crippen molar-refractivity contribution in [2.24, 2.45) is 0 Å². The van der Waals surface area contributed by atoms with Gasteiger partial charge in [-0.05, 0) is 36.8 Å². The van der Waals surface area contributed by atoms with Crippen LogP contribution in [0.2, 0.25) is 0 Å². The van der Waals surface area contributed by atoms with E-state index in [4.69, 9.17) is 15.2 Å². The Bertz CT molecular complexity index is 677. The van der Waals surface area contributed by atoms with Crippen LogP contribution in [0.25, 0.3) is 0 Å². The topological polar surface area (TPSA) is 73.6 Å². The van der Waals surface area contributed by atoms with E-state index in [2.05, 4.69) is 12.2 Å². The van der Waals surface area contributed by atoms with Gasteiger partial charge < -0.3 is 20.5 Å². The van der Waals surface area contributed by atoms with E-state index in [1.54, 1.807) is 49.6 Å².